The first kappa shape index (κ1) is 16.0. The van der Waals surface area contributed by atoms with Crippen molar-refractivity contribution in [2.75, 3.05) is 19.7 Å². The number of aryl methyl sites for hydroxylation is 2. The second-order valence-electron chi connectivity index (χ2n) is 5.91. The number of ketones is 1. The van der Waals surface area contributed by atoms with Crippen molar-refractivity contribution in [1.82, 2.24) is 9.88 Å². The molecule has 0 saturated carbocycles. The lowest BCUT2D eigenvalue weighted by Crippen LogP contribution is -2.51. The molecule has 126 valence electrons. The summed E-state index contributed by atoms with van der Waals surface area (Å²) in [5.41, 5.74) is 1.81. The Morgan fingerprint density at radius 1 is 1.35 bits per heavy atom. The fraction of sp³-hybridized carbons (Fsp3) is 0.600. The number of carbonyl (C=O) groups is 2. The standard InChI is InChI=1S/C15H17F3N2O3/c1-8-12(13-9(19-8)3-2-4-10(13)21)14(22)20-5-6-23-11(7-20)15(16,17)18/h11,19H,2-7H2,1H3/t11-/m1/s1. The van der Waals surface area contributed by atoms with E-state index in [2.05, 4.69) is 4.98 Å². The molecule has 1 fully saturated rings. The third-order valence-electron chi connectivity index (χ3n) is 4.31. The summed E-state index contributed by atoms with van der Waals surface area (Å²) < 4.78 is 43.1. The van der Waals surface area contributed by atoms with Gasteiger partial charge in [-0.2, -0.15) is 13.2 Å². The van der Waals surface area contributed by atoms with Crippen molar-refractivity contribution in [3.8, 4) is 0 Å². The van der Waals surface area contributed by atoms with Crippen LogP contribution in [0.2, 0.25) is 0 Å². The van der Waals surface area contributed by atoms with Crippen LogP contribution >= 0.6 is 0 Å². The molecule has 2 aliphatic rings. The van der Waals surface area contributed by atoms with Crippen LogP contribution in [0.3, 0.4) is 0 Å². The lowest BCUT2D eigenvalue weighted by atomic mass is 9.92. The molecule has 0 unspecified atom stereocenters. The molecule has 23 heavy (non-hydrogen) atoms. The maximum atomic E-state index is 12.8. The number of fused-ring (bicyclic) bond motifs is 1. The lowest BCUT2D eigenvalue weighted by Gasteiger charge is -2.34. The van der Waals surface area contributed by atoms with E-state index in [9.17, 15) is 22.8 Å². The molecular formula is C15H17F3N2O3. The molecule has 1 amide bonds. The second-order valence-corrected chi connectivity index (χ2v) is 5.91. The zero-order valence-corrected chi connectivity index (χ0v) is 12.6. The smallest absolute Gasteiger partial charge is 0.365 e. The minimum Gasteiger partial charge on any atom is -0.365 e. The van der Waals surface area contributed by atoms with E-state index in [4.69, 9.17) is 4.74 Å². The Hall–Kier alpha value is -1.83. The summed E-state index contributed by atoms with van der Waals surface area (Å²) in [6.07, 6.45) is -4.75. The molecule has 8 heteroatoms. The number of amides is 1. The zero-order chi connectivity index (χ0) is 16.8. The molecule has 0 bridgehead atoms. The third kappa shape index (κ3) is 2.87. The van der Waals surface area contributed by atoms with Crippen molar-refractivity contribution in [2.45, 2.75) is 38.5 Å². The van der Waals surface area contributed by atoms with Gasteiger partial charge in [-0.05, 0) is 19.8 Å². The number of rotatable bonds is 1. The number of aromatic amines is 1. The lowest BCUT2D eigenvalue weighted by molar-refractivity contribution is -0.233. The van der Waals surface area contributed by atoms with Crippen molar-refractivity contribution in [1.29, 1.82) is 0 Å². The molecule has 1 atom stereocenters. The van der Waals surface area contributed by atoms with Gasteiger partial charge in [0.05, 0.1) is 24.3 Å². The number of nitrogens with one attached hydrogen (secondary N) is 1. The molecule has 3 rings (SSSR count). The van der Waals surface area contributed by atoms with E-state index in [1.807, 2.05) is 0 Å². The molecule has 1 saturated heterocycles. The Bertz CT molecular complexity index is 651. The maximum Gasteiger partial charge on any atom is 0.416 e. The Balaban J connectivity index is 1.89. The van der Waals surface area contributed by atoms with Gasteiger partial charge in [0.2, 0.25) is 0 Å². The number of nitrogens with zero attached hydrogens (tertiary/aromatic N) is 1. The zero-order valence-electron chi connectivity index (χ0n) is 12.6. The Kier molecular flexibility index (Phi) is 3.95. The highest BCUT2D eigenvalue weighted by molar-refractivity contribution is 6.10. The molecule has 1 aromatic heterocycles. The normalized spacial score (nSPS) is 22.2. The van der Waals surface area contributed by atoms with Crippen LogP contribution in [0.1, 0.15) is 44.9 Å². The van der Waals surface area contributed by atoms with Gasteiger partial charge in [-0.1, -0.05) is 0 Å². The Labute approximate surface area is 130 Å². The molecule has 0 spiro atoms. The van der Waals surface area contributed by atoms with E-state index in [1.165, 1.54) is 0 Å². The van der Waals surface area contributed by atoms with Crippen LogP contribution in [-0.2, 0) is 11.2 Å². The summed E-state index contributed by atoms with van der Waals surface area (Å²) in [6, 6.07) is 0. The fourth-order valence-electron chi connectivity index (χ4n) is 3.19. The summed E-state index contributed by atoms with van der Waals surface area (Å²) in [4.78, 5) is 29.0. The summed E-state index contributed by atoms with van der Waals surface area (Å²) in [6.45, 7) is 1.03. The number of hydrogen-bond donors (Lipinski definition) is 1. The van der Waals surface area contributed by atoms with Gasteiger partial charge in [0.25, 0.3) is 5.91 Å². The van der Waals surface area contributed by atoms with Crippen LogP contribution in [0.4, 0.5) is 13.2 Å². The average Bonchev–Trinajstić information content (AvgIpc) is 2.83. The molecule has 1 aromatic rings. The number of halogens is 3. The number of H-pyrrole nitrogens is 1. The highest BCUT2D eigenvalue weighted by atomic mass is 19.4. The van der Waals surface area contributed by atoms with Crippen LogP contribution in [0.15, 0.2) is 0 Å². The van der Waals surface area contributed by atoms with Crippen molar-refractivity contribution < 1.29 is 27.5 Å². The van der Waals surface area contributed by atoms with Gasteiger partial charge in [-0.3, -0.25) is 9.59 Å². The van der Waals surface area contributed by atoms with Crippen LogP contribution < -0.4 is 0 Å². The average molecular weight is 330 g/mol. The molecule has 2 heterocycles. The van der Waals surface area contributed by atoms with Crippen molar-refractivity contribution in [3.63, 3.8) is 0 Å². The quantitative estimate of drug-likeness (QED) is 0.859. The Morgan fingerprint density at radius 2 is 2.09 bits per heavy atom. The molecule has 1 N–H and O–H groups in total. The van der Waals surface area contributed by atoms with Crippen LogP contribution in [0.5, 0.6) is 0 Å². The number of Topliss-reactive ketones (excluding diaryl/α,β-unsaturated/α-hetero) is 1. The third-order valence-corrected chi connectivity index (χ3v) is 4.31. The fourth-order valence-corrected chi connectivity index (χ4v) is 3.19. The van der Waals surface area contributed by atoms with Gasteiger partial charge in [-0.25, -0.2) is 0 Å². The van der Waals surface area contributed by atoms with E-state index in [0.29, 0.717) is 36.2 Å². The van der Waals surface area contributed by atoms with Gasteiger partial charge in [0.15, 0.2) is 11.9 Å². The van der Waals surface area contributed by atoms with Gasteiger partial charge in [-0.15, -0.1) is 0 Å². The first-order chi connectivity index (χ1) is 10.8. The number of aromatic nitrogens is 1. The summed E-state index contributed by atoms with van der Waals surface area (Å²) in [5.74, 6) is -0.660. The van der Waals surface area contributed by atoms with Gasteiger partial charge >= 0.3 is 6.18 Å². The predicted octanol–water partition coefficient (Wildman–Crippen LogP) is 2.25. The Morgan fingerprint density at radius 3 is 2.78 bits per heavy atom. The minimum absolute atomic E-state index is 0.0823. The van der Waals surface area contributed by atoms with E-state index >= 15 is 0 Å². The SMILES string of the molecule is Cc1[nH]c2c(c1C(=O)N1CCO[C@@H](C(F)(F)F)C1)C(=O)CCC2. The maximum absolute atomic E-state index is 12.8. The molecule has 1 aliphatic carbocycles. The van der Waals surface area contributed by atoms with Gasteiger partial charge in [0, 0.05) is 24.4 Å². The van der Waals surface area contributed by atoms with E-state index < -0.39 is 24.7 Å². The molecule has 1 aliphatic heterocycles. The summed E-state index contributed by atoms with van der Waals surface area (Å²) in [5, 5.41) is 0. The first-order valence-corrected chi connectivity index (χ1v) is 7.51. The molecule has 5 nitrogen and oxygen atoms in total. The van der Waals surface area contributed by atoms with E-state index in [0.717, 1.165) is 4.90 Å². The van der Waals surface area contributed by atoms with Crippen LogP contribution in [0.25, 0.3) is 0 Å². The number of carbonyl (C=O) groups excluding carboxylic acids is 2. The molecule has 0 radical (unpaired) electrons. The highest BCUT2D eigenvalue weighted by Crippen LogP contribution is 2.30. The van der Waals surface area contributed by atoms with Gasteiger partial charge in [0.1, 0.15) is 0 Å². The number of alkyl halides is 3. The van der Waals surface area contributed by atoms with Crippen molar-refractivity contribution in [2.24, 2.45) is 0 Å². The van der Waals surface area contributed by atoms with E-state index in [-0.39, 0.29) is 24.5 Å². The first-order valence-electron chi connectivity index (χ1n) is 7.51. The summed E-state index contributed by atoms with van der Waals surface area (Å²) >= 11 is 0. The topological polar surface area (TPSA) is 62.4 Å². The molecular weight excluding hydrogens is 313 g/mol. The van der Waals surface area contributed by atoms with Crippen LogP contribution in [0, 0.1) is 6.92 Å². The van der Waals surface area contributed by atoms with E-state index in [1.54, 1.807) is 6.92 Å². The number of ether oxygens (including phenoxy) is 1. The number of morpholine rings is 1. The predicted molar refractivity (Wildman–Crippen MR) is 74.5 cm³/mol. The van der Waals surface area contributed by atoms with Crippen molar-refractivity contribution in [3.05, 3.63) is 22.5 Å². The summed E-state index contributed by atoms with van der Waals surface area (Å²) in [7, 11) is 0. The molecule has 0 aromatic carbocycles. The second kappa shape index (κ2) is 5.67. The largest absolute Gasteiger partial charge is 0.416 e. The number of hydrogen-bond acceptors (Lipinski definition) is 3. The minimum atomic E-state index is -4.51. The van der Waals surface area contributed by atoms with Crippen molar-refractivity contribution >= 4 is 11.7 Å². The highest BCUT2D eigenvalue weighted by Gasteiger charge is 2.45. The van der Waals surface area contributed by atoms with Crippen LogP contribution in [-0.4, -0.2) is 53.6 Å². The van der Waals surface area contributed by atoms with Gasteiger partial charge < -0.3 is 14.6 Å². The monoisotopic (exact) mass is 330 g/mol.